The molecular weight excluding hydrogens is 352 g/mol. The van der Waals surface area contributed by atoms with Crippen molar-refractivity contribution in [3.63, 3.8) is 0 Å². The summed E-state index contributed by atoms with van der Waals surface area (Å²) in [5.74, 6) is 0. The summed E-state index contributed by atoms with van der Waals surface area (Å²) in [6.45, 7) is 9.30. The molecule has 0 spiro atoms. The molecule has 1 unspecified atom stereocenters. The van der Waals surface area contributed by atoms with Crippen LogP contribution in [0.3, 0.4) is 0 Å². The van der Waals surface area contributed by atoms with Gasteiger partial charge in [0.05, 0.1) is 0 Å². The van der Waals surface area contributed by atoms with Gasteiger partial charge in [-0.2, -0.15) is 0 Å². The van der Waals surface area contributed by atoms with Gasteiger partial charge in [-0.05, 0) is 26.2 Å². The molecule has 0 amide bonds. The summed E-state index contributed by atoms with van der Waals surface area (Å²) in [6.07, 6.45) is 32.4. The first kappa shape index (κ1) is 26.4. The second kappa shape index (κ2) is 19.3. The smallest absolute Gasteiger partial charge is 0.101 e. The van der Waals surface area contributed by atoms with Gasteiger partial charge in [0.1, 0.15) is 6.17 Å². The Hall–Kier alpha value is -0.660. The van der Waals surface area contributed by atoms with E-state index in [9.17, 15) is 0 Å². The van der Waals surface area contributed by atoms with Gasteiger partial charge in [-0.1, -0.05) is 117 Å². The minimum absolute atomic E-state index is 0.638. The highest BCUT2D eigenvalue weighted by molar-refractivity contribution is 4.96. The van der Waals surface area contributed by atoms with E-state index in [1.165, 1.54) is 129 Å². The molecule has 1 atom stereocenters. The predicted molar refractivity (Wildman–Crippen MR) is 131 cm³/mol. The lowest BCUT2D eigenvalue weighted by Gasteiger charge is -2.32. The highest BCUT2D eigenvalue weighted by atomic mass is 15.4. The first-order valence-electron chi connectivity index (χ1n) is 13.5. The third-order valence-corrected chi connectivity index (χ3v) is 6.67. The Bertz CT molecular complexity index is 366. The lowest BCUT2D eigenvalue weighted by molar-refractivity contribution is 0.142. The van der Waals surface area contributed by atoms with Crippen LogP contribution in [-0.4, -0.2) is 29.1 Å². The summed E-state index contributed by atoms with van der Waals surface area (Å²) in [5.41, 5.74) is 0. The Kier molecular flexibility index (Phi) is 17.6. The maximum absolute atomic E-state index is 2.63. The van der Waals surface area contributed by atoms with Crippen LogP contribution in [0.2, 0.25) is 0 Å². The molecule has 2 heteroatoms. The summed E-state index contributed by atoms with van der Waals surface area (Å²) >= 11 is 0. The molecule has 172 valence electrons. The molecule has 1 rings (SSSR count). The quantitative estimate of drug-likeness (QED) is 0.176. The molecule has 0 aromatic heterocycles. The predicted octanol–water partition coefficient (Wildman–Crippen LogP) is 8.87. The van der Waals surface area contributed by atoms with Crippen LogP contribution < -0.4 is 0 Å². The fourth-order valence-electron chi connectivity index (χ4n) is 4.67. The molecule has 0 saturated carbocycles. The summed E-state index contributed by atoms with van der Waals surface area (Å²) in [4.78, 5) is 5.17. The maximum Gasteiger partial charge on any atom is 0.101 e. The average Bonchev–Trinajstić information content (AvgIpc) is 3.13. The van der Waals surface area contributed by atoms with Crippen molar-refractivity contribution in [1.29, 1.82) is 0 Å². The summed E-state index contributed by atoms with van der Waals surface area (Å²) in [6, 6.07) is 0. The standard InChI is InChI=1S/C27H54N2/c1-4-7-9-11-12-13-14-15-16-17-18-20-22-24-29-26-25-28(6-3)27(29)23-21-19-10-8-5-2/h25-27H,4-24H2,1-3H3. The van der Waals surface area contributed by atoms with Gasteiger partial charge in [0.25, 0.3) is 0 Å². The van der Waals surface area contributed by atoms with Gasteiger partial charge in [0, 0.05) is 25.5 Å². The van der Waals surface area contributed by atoms with Crippen molar-refractivity contribution in [2.45, 2.75) is 149 Å². The van der Waals surface area contributed by atoms with E-state index in [1.807, 2.05) is 0 Å². The van der Waals surface area contributed by atoms with Crippen LogP contribution in [-0.2, 0) is 0 Å². The van der Waals surface area contributed by atoms with Crippen LogP contribution in [0, 0.1) is 0 Å². The molecule has 0 aromatic carbocycles. The lowest BCUT2D eigenvalue weighted by atomic mass is 10.0. The van der Waals surface area contributed by atoms with Crippen LogP contribution in [0.1, 0.15) is 143 Å². The van der Waals surface area contributed by atoms with Gasteiger partial charge in [-0.25, -0.2) is 0 Å². The Morgan fingerprint density at radius 3 is 1.38 bits per heavy atom. The molecule has 0 bridgehead atoms. The number of hydrogen-bond acceptors (Lipinski definition) is 2. The topological polar surface area (TPSA) is 6.48 Å². The van der Waals surface area contributed by atoms with E-state index in [2.05, 4.69) is 43.0 Å². The number of rotatable bonds is 21. The summed E-state index contributed by atoms with van der Waals surface area (Å²) in [5, 5.41) is 0. The molecule has 1 aliphatic heterocycles. The number of hydrogen-bond donors (Lipinski definition) is 0. The highest BCUT2D eigenvalue weighted by Crippen LogP contribution is 2.22. The van der Waals surface area contributed by atoms with Gasteiger partial charge in [0.15, 0.2) is 0 Å². The first-order chi connectivity index (χ1) is 14.3. The highest BCUT2D eigenvalue weighted by Gasteiger charge is 2.23. The molecule has 1 aliphatic rings. The largest absolute Gasteiger partial charge is 0.356 e. The molecular formula is C27H54N2. The first-order valence-corrected chi connectivity index (χ1v) is 13.5. The summed E-state index contributed by atoms with van der Waals surface area (Å²) < 4.78 is 0. The van der Waals surface area contributed by atoms with E-state index in [0.717, 1.165) is 6.54 Å². The van der Waals surface area contributed by atoms with Crippen LogP contribution >= 0.6 is 0 Å². The lowest BCUT2D eigenvalue weighted by Crippen LogP contribution is -2.38. The van der Waals surface area contributed by atoms with E-state index in [-0.39, 0.29) is 0 Å². The Labute approximate surface area is 184 Å². The SMILES string of the molecule is CCCCCCCCCCCCCCCN1C=CN(CC)C1CCCCCCC. The van der Waals surface area contributed by atoms with Crippen molar-refractivity contribution in [1.82, 2.24) is 9.80 Å². The molecule has 29 heavy (non-hydrogen) atoms. The van der Waals surface area contributed by atoms with E-state index >= 15 is 0 Å². The molecule has 1 heterocycles. The van der Waals surface area contributed by atoms with E-state index in [4.69, 9.17) is 0 Å². The third-order valence-electron chi connectivity index (χ3n) is 6.67. The normalized spacial score (nSPS) is 16.3. The van der Waals surface area contributed by atoms with Crippen molar-refractivity contribution in [2.24, 2.45) is 0 Å². The fraction of sp³-hybridized carbons (Fsp3) is 0.926. The Balaban J connectivity index is 1.98. The summed E-state index contributed by atoms with van der Waals surface area (Å²) in [7, 11) is 0. The van der Waals surface area contributed by atoms with Crippen molar-refractivity contribution in [3.05, 3.63) is 12.4 Å². The average molecular weight is 407 g/mol. The van der Waals surface area contributed by atoms with Crippen molar-refractivity contribution < 1.29 is 0 Å². The fourth-order valence-corrected chi connectivity index (χ4v) is 4.67. The Morgan fingerprint density at radius 1 is 0.483 bits per heavy atom. The minimum atomic E-state index is 0.638. The molecule has 0 aromatic rings. The number of nitrogens with zero attached hydrogens (tertiary/aromatic N) is 2. The molecule has 0 N–H and O–H groups in total. The molecule has 0 fully saturated rings. The molecule has 0 saturated heterocycles. The zero-order valence-corrected chi connectivity index (χ0v) is 20.5. The van der Waals surface area contributed by atoms with Crippen molar-refractivity contribution in [3.8, 4) is 0 Å². The second-order valence-corrected chi connectivity index (χ2v) is 9.29. The third kappa shape index (κ3) is 13.3. The van der Waals surface area contributed by atoms with Crippen LogP contribution in [0.4, 0.5) is 0 Å². The minimum Gasteiger partial charge on any atom is -0.356 e. The molecule has 0 aliphatic carbocycles. The van der Waals surface area contributed by atoms with Gasteiger partial charge in [0.2, 0.25) is 0 Å². The maximum atomic E-state index is 2.63. The monoisotopic (exact) mass is 406 g/mol. The van der Waals surface area contributed by atoms with Gasteiger partial charge < -0.3 is 9.80 Å². The van der Waals surface area contributed by atoms with Crippen LogP contribution in [0.25, 0.3) is 0 Å². The zero-order chi connectivity index (χ0) is 21.0. The van der Waals surface area contributed by atoms with E-state index < -0.39 is 0 Å². The van der Waals surface area contributed by atoms with Gasteiger partial charge >= 0.3 is 0 Å². The van der Waals surface area contributed by atoms with Crippen molar-refractivity contribution >= 4 is 0 Å². The Morgan fingerprint density at radius 2 is 0.897 bits per heavy atom. The number of unbranched alkanes of at least 4 members (excludes halogenated alkanes) is 16. The molecule has 0 radical (unpaired) electrons. The van der Waals surface area contributed by atoms with Crippen LogP contribution in [0.5, 0.6) is 0 Å². The van der Waals surface area contributed by atoms with Gasteiger partial charge in [-0.15, -0.1) is 0 Å². The van der Waals surface area contributed by atoms with Gasteiger partial charge in [-0.3, -0.25) is 0 Å². The molecule has 2 nitrogen and oxygen atoms in total. The van der Waals surface area contributed by atoms with Crippen LogP contribution in [0.15, 0.2) is 12.4 Å². The van der Waals surface area contributed by atoms with Crippen molar-refractivity contribution in [2.75, 3.05) is 13.1 Å². The second-order valence-electron chi connectivity index (χ2n) is 9.29. The zero-order valence-electron chi connectivity index (χ0n) is 20.5. The van der Waals surface area contributed by atoms with E-state index in [0.29, 0.717) is 6.17 Å². The van der Waals surface area contributed by atoms with E-state index in [1.54, 1.807) is 0 Å².